The van der Waals surface area contributed by atoms with Gasteiger partial charge in [-0.05, 0) is 62.1 Å². The van der Waals surface area contributed by atoms with Crippen LogP contribution in [0, 0.1) is 20.8 Å². The highest BCUT2D eigenvalue weighted by Crippen LogP contribution is 2.43. The molecule has 158 valence electrons. The molecule has 2 heterocycles. The maximum atomic E-state index is 13.3. The lowest BCUT2D eigenvalue weighted by atomic mass is 9.96. The second kappa shape index (κ2) is 8.26. The van der Waals surface area contributed by atoms with Crippen LogP contribution in [0.5, 0.6) is 0 Å². The molecule has 1 N–H and O–H groups in total. The standard InChI is InChI=1S/C26H25NO4/c1-16-8-7-11-20(18(16)3)27-24(22-15-12-17(2)31-22)23(25(29)26(27)30)21(28)14-13-19-9-5-4-6-10-19/h4-12,15,24,29H,13-14H2,1-3H3. The molecule has 0 saturated carbocycles. The number of anilines is 1. The number of ketones is 1. The van der Waals surface area contributed by atoms with Crippen molar-refractivity contribution in [1.29, 1.82) is 0 Å². The number of hydrogen-bond donors (Lipinski definition) is 1. The molecule has 1 aliphatic heterocycles. The topological polar surface area (TPSA) is 70.8 Å². The molecule has 4 rings (SSSR count). The number of aliphatic hydroxyl groups excluding tert-OH is 1. The van der Waals surface area contributed by atoms with Crippen LogP contribution < -0.4 is 4.90 Å². The second-order valence-electron chi connectivity index (χ2n) is 7.92. The number of aliphatic hydroxyl groups is 1. The Labute approximate surface area is 181 Å². The molecule has 31 heavy (non-hydrogen) atoms. The SMILES string of the molecule is Cc1ccc(C2C(C(=O)CCc3ccccc3)=C(O)C(=O)N2c2cccc(C)c2C)o1. The van der Waals surface area contributed by atoms with Crippen molar-refractivity contribution in [2.24, 2.45) is 0 Å². The van der Waals surface area contributed by atoms with Gasteiger partial charge in [0, 0.05) is 12.1 Å². The van der Waals surface area contributed by atoms with E-state index in [1.54, 1.807) is 12.1 Å². The summed E-state index contributed by atoms with van der Waals surface area (Å²) in [6, 6.07) is 18.1. The number of carbonyl (C=O) groups is 2. The Balaban J connectivity index is 1.74. The number of nitrogens with zero attached hydrogens (tertiary/aromatic N) is 1. The maximum absolute atomic E-state index is 13.3. The van der Waals surface area contributed by atoms with Crippen LogP contribution in [0.15, 0.2) is 76.4 Å². The lowest BCUT2D eigenvalue weighted by molar-refractivity contribution is -0.118. The highest BCUT2D eigenvalue weighted by atomic mass is 16.3. The molecule has 1 aliphatic rings. The summed E-state index contributed by atoms with van der Waals surface area (Å²) in [5.41, 5.74) is 3.70. The zero-order valence-corrected chi connectivity index (χ0v) is 17.9. The van der Waals surface area contributed by atoms with E-state index in [0.717, 1.165) is 16.7 Å². The van der Waals surface area contributed by atoms with Crippen molar-refractivity contribution >= 4 is 17.4 Å². The Bertz CT molecular complexity index is 1170. The lowest BCUT2D eigenvalue weighted by Crippen LogP contribution is -2.31. The van der Waals surface area contributed by atoms with E-state index < -0.39 is 17.7 Å². The molecule has 5 heteroatoms. The third-order valence-electron chi connectivity index (χ3n) is 5.86. The Hall–Kier alpha value is -3.60. The van der Waals surface area contributed by atoms with Crippen LogP contribution in [0.3, 0.4) is 0 Å². The fourth-order valence-corrected chi connectivity index (χ4v) is 4.04. The summed E-state index contributed by atoms with van der Waals surface area (Å²) in [5.74, 6) is -0.222. The minimum atomic E-state index is -0.801. The smallest absolute Gasteiger partial charge is 0.294 e. The monoisotopic (exact) mass is 415 g/mol. The normalized spacial score (nSPS) is 16.3. The Kier molecular flexibility index (Phi) is 5.51. The van der Waals surface area contributed by atoms with Crippen LogP contribution in [-0.2, 0) is 16.0 Å². The van der Waals surface area contributed by atoms with Gasteiger partial charge in [0.2, 0.25) is 0 Å². The van der Waals surface area contributed by atoms with E-state index in [-0.39, 0.29) is 17.8 Å². The minimum Gasteiger partial charge on any atom is -0.503 e. The number of benzene rings is 2. The first kappa shape index (κ1) is 20.7. The number of rotatable bonds is 6. The third kappa shape index (κ3) is 3.79. The maximum Gasteiger partial charge on any atom is 0.294 e. The van der Waals surface area contributed by atoms with Crippen LogP contribution in [0.2, 0.25) is 0 Å². The molecule has 3 aromatic rings. The van der Waals surface area contributed by atoms with E-state index in [0.29, 0.717) is 23.6 Å². The molecule has 0 fully saturated rings. The number of amides is 1. The average molecular weight is 415 g/mol. The molecule has 1 amide bonds. The molecular formula is C26H25NO4. The van der Waals surface area contributed by atoms with Gasteiger partial charge in [-0.25, -0.2) is 0 Å². The molecule has 1 atom stereocenters. The molecule has 1 unspecified atom stereocenters. The average Bonchev–Trinajstić information content (AvgIpc) is 3.30. The fourth-order valence-electron chi connectivity index (χ4n) is 4.04. The van der Waals surface area contributed by atoms with E-state index in [4.69, 9.17) is 4.42 Å². The predicted octanol–water partition coefficient (Wildman–Crippen LogP) is 5.31. The van der Waals surface area contributed by atoms with Crippen LogP contribution in [0.4, 0.5) is 5.69 Å². The van der Waals surface area contributed by atoms with Crippen molar-refractivity contribution in [3.8, 4) is 0 Å². The van der Waals surface area contributed by atoms with Crippen molar-refractivity contribution in [2.75, 3.05) is 4.90 Å². The lowest BCUT2D eigenvalue weighted by Gasteiger charge is -2.27. The number of furan rings is 1. The molecule has 0 bridgehead atoms. The van der Waals surface area contributed by atoms with Gasteiger partial charge < -0.3 is 9.52 Å². The van der Waals surface area contributed by atoms with Crippen molar-refractivity contribution < 1.29 is 19.1 Å². The molecule has 0 spiro atoms. The largest absolute Gasteiger partial charge is 0.503 e. The summed E-state index contributed by atoms with van der Waals surface area (Å²) in [7, 11) is 0. The summed E-state index contributed by atoms with van der Waals surface area (Å²) in [5, 5.41) is 10.8. The molecule has 0 radical (unpaired) electrons. The van der Waals surface area contributed by atoms with Crippen molar-refractivity contribution in [3.05, 3.63) is 100 Å². The summed E-state index contributed by atoms with van der Waals surface area (Å²) in [6.07, 6.45) is 0.714. The third-order valence-corrected chi connectivity index (χ3v) is 5.86. The van der Waals surface area contributed by atoms with Gasteiger partial charge in [0.15, 0.2) is 11.5 Å². The van der Waals surface area contributed by atoms with Gasteiger partial charge >= 0.3 is 0 Å². The van der Waals surface area contributed by atoms with Gasteiger partial charge in [0.25, 0.3) is 5.91 Å². The number of hydrogen-bond acceptors (Lipinski definition) is 4. The number of carbonyl (C=O) groups excluding carboxylic acids is 2. The molecule has 2 aromatic carbocycles. The first-order valence-corrected chi connectivity index (χ1v) is 10.3. The summed E-state index contributed by atoms with van der Waals surface area (Å²) >= 11 is 0. The Morgan fingerprint density at radius 2 is 1.74 bits per heavy atom. The van der Waals surface area contributed by atoms with Crippen molar-refractivity contribution in [2.45, 2.75) is 39.7 Å². The highest BCUT2D eigenvalue weighted by molar-refractivity contribution is 6.16. The zero-order valence-electron chi connectivity index (χ0n) is 17.9. The van der Waals surface area contributed by atoms with E-state index in [1.807, 2.05) is 69.3 Å². The predicted molar refractivity (Wildman–Crippen MR) is 119 cm³/mol. The molecule has 0 saturated heterocycles. The minimum absolute atomic E-state index is 0.0937. The second-order valence-corrected chi connectivity index (χ2v) is 7.92. The summed E-state index contributed by atoms with van der Waals surface area (Å²) in [4.78, 5) is 27.9. The summed E-state index contributed by atoms with van der Waals surface area (Å²) in [6.45, 7) is 5.70. The van der Waals surface area contributed by atoms with E-state index in [1.165, 1.54) is 4.90 Å². The molecule has 0 aliphatic carbocycles. The van der Waals surface area contributed by atoms with E-state index in [9.17, 15) is 14.7 Å². The van der Waals surface area contributed by atoms with Crippen LogP contribution in [0.1, 0.15) is 40.7 Å². The molecular weight excluding hydrogens is 390 g/mol. The first-order chi connectivity index (χ1) is 14.9. The van der Waals surface area contributed by atoms with Gasteiger partial charge in [-0.3, -0.25) is 14.5 Å². The number of Topliss-reactive ketones (excluding diaryl/α,β-unsaturated/α-hetero) is 1. The van der Waals surface area contributed by atoms with Gasteiger partial charge in [0.05, 0.1) is 5.57 Å². The molecule has 1 aromatic heterocycles. The first-order valence-electron chi connectivity index (χ1n) is 10.3. The van der Waals surface area contributed by atoms with Crippen molar-refractivity contribution in [1.82, 2.24) is 0 Å². The van der Waals surface area contributed by atoms with Crippen LogP contribution in [-0.4, -0.2) is 16.8 Å². The van der Waals surface area contributed by atoms with Gasteiger partial charge in [-0.15, -0.1) is 0 Å². The highest BCUT2D eigenvalue weighted by Gasteiger charge is 2.46. The van der Waals surface area contributed by atoms with Gasteiger partial charge in [-0.2, -0.15) is 0 Å². The van der Waals surface area contributed by atoms with Crippen LogP contribution >= 0.6 is 0 Å². The van der Waals surface area contributed by atoms with Gasteiger partial charge in [0.1, 0.15) is 17.6 Å². The molecule has 5 nitrogen and oxygen atoms in total. The van der Waals surface area contributed by atoms with Crippen LogP contribution in [0.25, 0.3) is 0 Å². The Morgan fingerprint density at radius 3 is 2.42 bits per heavy atom. The fraction of sp³-hybridized carbons (Fsp3) is 0.231. The summed E-state index contributed by atoms with van der Waals surface area (Å²) < 4.78 is 5.84. The zero-order chi connectivity index (χ0) is 22.1. The van der Waals surface area contributed by atoms with E-state index >= 15 is 0 Å². The quantitative estimate of drug-likeness (QED) is 0.592. The van der Waals surface area contributed by atoms with Gasteiger partial charge in [-0.1, -0.05) is 42.5 Å². The number of aryl methyl sites for hydroxylation is 3. The Morgan fingerprint density at radius 1 is 1.00 bits per heavy atom. The van der Waals surface area contributed by atoms with E-state index in [2.05, 4.69) is 0 Å². The van der Waals surface area contributed by atoms with Crippen molar-refractivity contribution in [3.63, 3.8) is 0 Å².